The van der Waals surface area contributed by atoms with Gasteiger partial charge < -0.3 is 14.2 Å². The predicted octanol–water partition coefficient (Wildman–Crippen LogP) is 8.50. The Hall–Kier alpha value is -3.14. The Morgan fingerprint density at radius 2 is 1.62 bits per heavy atom. The second-order valence-electron chi connectivity index (χ2n) is 13.8. The van der Waals surface area contributed by atoms with Gasteiger partial charge in [-0.2, -0.15) is 0 Å². The van der Waals surface area contributed by atoms with Crippen LogP contribution in [0, 0.1) is 17.8 Å². The summed E-state index contributed by atoms with van der Waals surface area (Å²) in [6.07, 6.45) is 11.6. The van der Waals surface area contributed by atoms with Gasteiger partial charge in [-0.15, -0.1) is 0 Å². The van der Waals surface area contributed by atoms with Crippen molar-refractivity contribution in [1.82, 2.24) is 0 Å². The fourth-order valence-electron chi connectivity index (χ4n) is 8.12. The van der Waals surface area contributed by atoms with Crippen molar-refractivity contribution in [2.24, 2.45) is 17.8 Å². The van der Waals surface area contributed by atoms with Crippen LogP contribution in [0.25, 0.3) is 11.6 Å². The topological polar surface area (TPSA) is 61.8 Å². The summed E-state index contributed by atoms with van der Waals surface area (Å²) in [6, 6.07) is 14.4. The number of allylic oxidation sites excluding steroid dienone is 1. The quantitative estimate of drug-likeness (QED) is 0.117. The van der Waals surface area contributed by atoms with E-state index in [0.717, 1.165) is 28.9 Å². The largest absolute Gasteiger partial charge is 0.482 e. The van der Waals surface area contributed by atoms with E-state index in [1.165, 1.54) is 61.5 Å². The molecule has 0 spiro atoms. The second kappa shape index (κ2) is 12.6. The standard InChI is InChI=1S/C37H46O5/c1-6-40-35(39)30-9-7-26(8-10-30)17-25(2)31-11-12-32(34(41-16-14-38)13-15-42-36(3,4)5)33(21-31)37-22-27-18-28(23-37)20-29(19-27)24-37/h7-12,16-17,21,27-29,34H,6,13,15,18-20,22-24H2,1-5H3. The van der Waals surface area contributed by atoms with E-state index in [0.29, 0.717) is 25.2 Å². The van der Waals surface area contributed by atoms with Crippen molar-refractivity contribution in [3.05, 3.63) is 76.5 Å². The van der Waals surface area contributed by atoms with Gasteiger partial charge in [0, 0.05) is 6.42 Å². The number of rotatable bonds is 11. The first-order valence-electron chi connectivity index (χ1n) is 15.7. The predicted molar refractivity (Wildman–Crippen MR) is 167 cm³/mol. The van der Waals surface area contributed by atoms with Gasteiger partial charge in [-0.25, -0.2) is 9.59 Å². The fourth-order valence-corrected chi connectivity index (χ4v) is 8.12. The molecule has 4 aliphatic carbocycles. The Morgan fingerprint density at radius 1 is 1.00 bits per heavy atom. The van der Waals surface area contributed by atoms with Crippen LogP contribution in [0.2, 0.25) is 0 Å². The summed E-state index contributed by atoms with van der Waals surface area (Å²) in [5.74, 6) is 3.95. The SMILES string of the molecule is CCOC(=O)c1ccc(C=C(C)c2ccc(C(CCOC(C)(C)C)OC=C=O)c(C34CC5CC(CC(C5)C3)C4)c2)cc1. The van der Waals surface area contributed by atoms with Crippen LogP contribution in [0.5, 0.6) is 0 Å². The van der Waals surface area contributed by atoms with E-state index in [1.54, 1.807) is 0 Å². The summed E-state index contributed by atoms with van der Waals surface area (Å²) in [5, 5.41) is 0. The van der Waals surface area contributed by atoms with Crippen LogP contribution >= 0.6 is 0 Å². The Kier molecular flexibility index (Phi) is 9.11. The molecule has 0 N–H and O–H groups in total. The second-order valence-corrected chi connectivity index (χ2v) is 13.8. The van der Waals surface area contributed by atoms with Gasteiger partial charge in [0.05, 0.1) is 24.4 Å². The third-order valence-corrected chi connectivity index (χ3v) is 9.47. The van der Waals surface area contributed by atoms with Crippen molar-refractivity contribution in [2.45, 2.75) is 96.7 Å². The zero-order valence-electron chi connectivity index (χ0n) is 25.9. The molecule has 0 aliphatic heterocycles. The monoisotopic (exact) mass is 570 g/mol. The maximum atomic E-state index is 12.1. The van der Waals surface area contributed by atoms with Crippen LogP contribution in [0.4, 0.5) is 0 Å². The van der Waals surface area contributed by atoms with Crippen molar-refractivity contribution in [3.63, 3.8) is 0 Å². The summed E-state index contributed by atoms with van der Waals surface area (Å²) in [4.78, 5) is 23.3. The van der Waals surface area contributed by atoms with Crippen LogP contribution in [-0.4, -0.2) is 30.7 Å². The number of esters is 1. The molecule has 4 bridgehead atoms. The lowest BCUT2D eigenvalue weighted by Gasteiger charge is -2.57. The van der Waals surface area contributed by atoms with Crippen molar-refractivity contribution < 1.29 is 23.8 Å². The molecule has 4 fully saturated rings. The molecule has 6 rings (SSSR count). The maximum absolute atomic E-state index is 12.1. The number of ether oxygens (including phenoxy) is 3. The van der Waals surface area contributed by atoms with Gasteiger partial charge in [-0.1, -0.05) is 36.4 Å². The molecule has 1 unspecified atom stereocenters. The number of carbonyl (C=O) groups is 1. The Morgan fingerprint density at radius 3 is 2.19 bits per heavy atom. The molecule has 224 valence electrons. The third kappa shape index (κ3) is 6.90. The Balaban J connectivity index is 1.51. The van der Waals surface area contributed by atoms with E-state index in [9.17, 15) is 9.59 Å². The average Bonchev–Trinajstić information content (AvgIpc) is 2.94. The molecule has 0 radical (unpaired) electrons. The molecule has 0 aromatic heterocycles. The molecule has 2 aromatic carbocycles. The summed E-state index contributed by atoms with van der Waals surface area (Å²) < 4.78 is 17.3. The minimum atomic E-state index is -0.297. The highest BCUT2D eigenvalue weighted by atomic mass is 16.5. The summed E-state index contributed by atoms with van der Waals surface area (Å²) >= 11 is 0. The van der Waals surface area contributed by atoms with Gasteiger partial charge in [0.15, 0.2) is 12.2 Å². The summed E-state index contributed by atoms with van der Waals surface area (Å²) in [5.41, 5.74) is 6.43. The molecule has 0 heterocycles. The van der Waals surface area contributed by atoms with Crippen LogP contribution in [0.1, 0.15) is 118 Å². The van der Waals surface area contributed by atoms with E-state index in [1.807, 2.05) is 37.1 Å². The smallest absolute Gasteiger partial charge is 0.338 e. The lowest BCUT2D eigenvalue weighted by atomic mass is 9.47. The first-order valence-corrected chi connectivity index (χ1v) is 15.7. The highest BCUT2D eigenvalue weighted by molar-refractivity contribution is 5.90. The van der Waals surface area contributed by atoms with Crippen LogP contribution in [0.3, 0.4) is 0 Å². The number of benzene rings is 2. The van der Waals surface area contributed by atoms with Crippen LogP contribution < -0.4 is 0 Å². The van der Waals surface area contributed by atoms with Crippen LogP contribution in [0.15, 0.2) is 48.7 Å². The van der Waals surface area contributed by atoms with Crippen molar-refractivity contribution in [1.29, 1.82) is 0 Å². The number of hydrogen-bond acceptors (Lipinski definition) is 5. The number of carbonyl (C=O) groups excluding carboxylic acids is 2. The molecule has 42 heavy (non-hydrogen) atoms. The van der Waals surface area contributed by atoms with E-state index < -0.39 is 0 Å². The maximum Gasteiger partial charge on any atom is 0.338 e. The molecule has 2 aromatic rings. The molecule has 5 heteroatoms. The molecule has 0 amide bonds. The van der Waals surface area contributed by atoms with Gasteiger partial charge >= 0.3 is 5.97 Å². The zero-order chi connectivity index (χ0) is 29.9. The molecule has 4 saturated carbocycles. The van der Waals surface area contributed by atoms with E-state index in [4.69, 9.17) is 14.2 Å². The lowest BCUT2D eigenvalue weighted by Crippen LogP contribution is -2.49. The molecule has 5 nitrogen and oxygen atoms in total. The average molecular weight is 571 g/mol. The van der Waals surface area contributed by atoms with Gasteiger partial charge in [-0.3, -0.25) is 0 Å². The lowest BCUT2D eigenvalue weighted by molar-refractivity contribution is -0.0227. The minimum absolute atomic E-state index is 0.152. The molecular formula is C37H46O5. The Labute approximate surface area is 251 Å². The van der Waals surface area contributed by atoms with Gasteiger partial charge in [0.2, 0.25) is 0 Å². The van der Waals surface area contributed by atoms with Crippen molar-refractivity contribution in [2.75, 3.05) is 13.2 Å². The zero-order valence-corrected chi connectivity index (χ0v) is 25.9. The van der Waals surface area contributed by atoms with Gasteiger partial charge in [0.1, 0.15) is 6.10 Å². The third-order valence-electron chi connectivity index (χ3n) is 9.47. The van der Waals surface area contributed by atoms with Crippen molar-refractivity contribution in [3.8, 4) is 0 Å². The van der Waals surface area contributed by atoms with Crippen molar-refractivity contribution >= 4 is 23.6 Å². The Bertz CT molecular complexity index is 1300. The number of hydrogen-bond donors (Lipinski definition) is 0. The normalized spacial score (nSPS) is 25.5. The van der Waals surface area contributed by atoms with Gasteiger partial charge in [-0.05, 0) is 136 Å². The summed E-state index contributed by atoms with van der Waals surface area (Å²) in [6.45, 7) is 11.1. The first-order chi connectivity index (χ1) is 20.1. The summed E-state index contributed by atoms with van der Waals surface area (Å²) in [7, 11) is 0. The highest BCUT2D eigenvalue weighted by Gasteiger charge is 2.52. The molecule has 0 saturated heterocycles. The molecule has 1 atom stereocenters. The van der Waals surface area contributed by atoms with Crippen LogP contribution in [-0.2, 0) is 24.4 Å². The highest BCUT2D eigenvalue weighted by Crippen LogP contribution is 2.61. The van der Waals surface area contributed by atoms with E-state index >= 15 is 0 Å². The van der Waals surface area contributed by atoms with Gasteiger partial charge in [0.25, 0.3) is 0 Å². The van der Waals surface area contributed by atoms with E-state index in [2.05, 4.69) is 52.0 Å². The van der Waals surface area contributed by atoms with E-state index in [-0.39, 0.29) is 23.1 Å². The molecule has 4 aliphatic rings. The minimum Gasteiger partial charge on any atom is -0.482 e. The fraction of sp³-hybridized carbons (Fsp3) is 0.541. The first kappa shape index (κ1) is 30.3. The molecular weight excluding hydrogens is 524 g/mol.